The van der Waals surface area contributed by atoms with Gasteiger partial charge >= 0.3 is 0 Å². The largest absolute Gasteiger partial charge is 0.344 e. The van der Waals surface area contributed by atoms with Crippen LogP contribution in [0.5, 0.6) is 0 Å². The van der Waals surface area contributed by atoms with Crippen molar-refractivity contribution >= 4 is 0 Å². The summed E-state index contributed by atoms with van der Waals surface area (Å²) < 4.78 is 0. The molecule has 0 saturated carbocycles. The van der Waals surface area contributed by atoms with Crippen LogP contribution in [0, 0.1) is 20.8 Å². The molecule has 1 radical (unpaired) electrons. The van der Waals surface area contributed by atoms with Crippen LogP contribution < -0.4 is 0 Å². The lowest BCUT2D eigenvalue weighted by Crippen LogP contribution is -2.17. The lowest BCUT2D eigenvalue weighted by atomic mass is 10.4. The van der Waals surface area contributed by atoms with Gasteiger partial charge < -0.3 is 11.8 Å². The zero-order valence-electron chi connectivity index (χ0n) is 5.69. The van der Waals surface area contributed by atoms with E-state index >= 15 is 0 Å². The van der Waals surface area contributed by atoms with E-state index in [1.54, 1.807) is 4.90 Å². The second kappa shape index (κ2) is 3.23. The minimum atomic E-state index is 0.588. The Morgan fingerprint density at radius 2 is 2.00 bits per heavy atom. The van der Waals surface area contributed by atoms with Crippen molar-refractivity contribution < 1.29 is 0 Å². The summed E-state index contributed by atoms with van der Waals surface area (Å²) in [4.78, 5) is 1.74. The lowest BCUT2D eigenvalue weighted by molar-refractivity contribution is 0.503. The van der Waals surface area contributed by atoms with Gasteiger partial charge in [0.15, 0.2) is 5.70 Å². The average molecular weight is 122 g/mol. The Morgan fingerprint density at radius 1 is 1.56 bits per heavy atom. The van der Waals surface area contributed by atoms with Crippen molar-refractivity contribution in [3.8, 4) is 0 Å². The molecule has 0 unspecified atom stereocenters. The molecule has 0 saturated heterocycles. The maximum atomic E-state index is 3.65. The normalized spacial score (nSPS) is 8.67. The Labute approximate surface area is 57.7 Å². The van der Waals surface area contributed by atoms with Gasteiger partial charge in [-0.3, -0.25) is 0 Å². The van der Waals surface area contributed by atoms with Gasteiger partial charge in [0.25, 0.3) is 0 Å². The molecule has 49 valence electrons. The van der Waals surface area contributed by atoms with Gasteiger partial charge in [0.2, 0.25) is 0 Å². The zero-order chi connectivity index (χ0) is 7.44. The smallest absolute Gasteiger partial charge is 0.188 e. The molecule has 0 aliphatic carbocycles. The first-order valence-corrected chi connectivity index (χ1v) is 2.68. The van der Waals surface area contributed by atoms with Crippen LogP contribution in [0.1, 0.15) is 0 Å². The fraction of sp³-hybridized carbons (Fsp3) is 0.125. The summed E-state index contributed by atoms with van der Waals surface area (Å²) in [6.45, 7) is 18.7. The topological polar surface area (TPSA) is 3.24 Å². The van der Waals surface area contributed by atoms with Crippen molar-refractivity contribution in [2.45, 2.75) is 0 Å². The van der Waals surface area contributed by atoms with Crippen molar-refractivity contribution in [1.29, 1.82) is 0 Å². The second-order valence-corrected chi connectivity index (χ2v) is 1.78. The summed E-state index contributed by atoms with van der Waals surface area (Å²) in [7, 11) is 0. The third-order valence-corrected chi connectivity index (χ3v) is 0.987. The Kier molecular flexibility index (Phi) is 2.93. The standard InChI is InChI=1S/C8H12N/c1-6-9(7(2)3)8(4)5/h1-6H2. The Hall–Kier alpha value is -0.850. The highest BCUT2D eigenvalue weighted by atomic mass is 15.1. The van der Waals surface area contributed by atoms with Gasteiger partial charge in [0.05, 0.1) is 13.5 Å². The molecule has 0 aliphatic heterocycles. The highest BCUT2D eigenvalue weighted by molar-refractivity contribution is 5.11. The molecule has 0 aromatic rings. The van der Waals surface area contributed by atoms with Crippen LogP contribution in [-0.2, 0) is 0 Å². The van der Waals surface area contributed by atoms with Crippen LogP contribution in [-0.4, -0.2) is 11.4 Å². The summed E-state index contributed by atoms with van der Waals surface area (Å²) >= 11 is 0. The van der Waals surface area contributed by atoms with Crippen LogP contribution in [0.4, 0.5) is 0 Å². The van der Waals surface area contributed by atoms with Gasteiger partial charge in [-0.2, -0.15) is 0 Å². The summed E-state index contributed by atoms with van der Waals surface area (Å²) in [5, 5.41) is 0. The molecule has 0 rings (SSSR count). The highest BCUT2D eigenvalue weighted by Gasteiger charge is 2.01. The van der Waals surface area contributed by atoms with Crippen LogP contribution in [0.15, 0.2) is 24.6 Å². The first-order valence-electron chi connectivity index (χ1n) is 2.68. The molecule has 0 atom stereocenters. The maximum Gasteiger partial charge on any atom is 0.188 e. The van der Waals surface area contributed by atoms with Crippen LogP contribution >= 0.6 is 0 Å². The first-order chi connectivity index (χ1) is 4.09. The summed E-state index contributed by atoms with van der Waals surface area (Å²) in [5.74, 6) is 0. The minimum absolute atomic E-state index is 0.588. The van der Waals surface area contributed by atoms with Gasteiger partial charge in [-0.25, -0.2) is 0 Å². The van der Waals surface area contributed by atoms with E-state index in [4.69, 9.17) is 0 Å². The van der Waals surface area contributed by atoms with Crippen molar-refractivity contribution in [1.82, 2.24) is 4.90 Å². The number of hydrogen-bond donors (Lipinski definition) is 0. The van der Waals surface area contributed by atoms with Crippen LogP contribution in [0.25, 0.3) is 0 Å². The van der Waals surface area contributed by atoms with E-state index in [0.29, 0.717) is 17.9 Å². The van der Waals surface area contributed by atoms with Gasteiger partial charge in [-0.15, -0.1) is 6.54 Å². The second-order valence-electron chi connectivity index (χ2n) is 1.78. The van der Waals surface area contributed by atoms with Gasteiger partial charge in [-0.1, -0.05) is 6.58 Å². The SMILES string of the molecule is [CH2]C(=C)N(C[CH2-])C(=C)[CH2+]. The van der Waals surface area contributed by atoms with Crippen molar-refractivity contribution in [3.63, 3.8) is 0 Å². The molecule has 0 N–H and O–H groups in total. The quantitative estimate of drug-likeness (QED) is 0.516. The lowest BCUT2D eigenvalue weighted by Gasteiger charge is -2.21. The molecule has 9 heavy (non-hydrogen) atoms. The fourth-order valence-electron chi connectivity index (χ4n) is 0.540. The molecule has 0 aromatic carbocycles. The molecule has 0 aromatic heterocycles. The van der Waals surface area contributed by atoms with E-state index in [2.05, 4.69) is 33.9 Å². The van der Waals surface area contributed by atoms with E-state index in [0.717, 1.165) is 0 Å². The van der Waals surface area contributed by atoms with Crippen molar-refractivity contribution in [2.24, 2.45) is 0 Å². The Bertz CT molecular complexity index is 111. The molecule has 0 bridgehead atoms. The fourth-order valence-corrected chi connectivity index (χ4v) is 0.540. The van der Waals surface area contributed by atoms with E-state index in [9.17, 15) is 0 Å². The Morgan fingerprint density at radius 3 is 2.00 bits per heavy atom. The average Bonchev–Trinajstić information content (AvgIpc) is 1.64. The molecule has 0 spiro atoms. The number of nitrogens with zero attached hydrogens (tertiary/aromatic N) is 1. The molecule has 0 heterocycles. The van der Waals surface area contributed by atoms with Gasteiger partial charge in [-0.05, 0) is 6.92 Å². The monoisotopic (exact) mass is 122 g/mol. The summed E-state index contributed by atoms with van der Waals surface area (Å²) in [5.41, 5.74) is 1.37. The summed E-state index contributed by atoms with van der Waals surface area (Å²) in [6.07, 6.45) is 0. The number of hydrogen-bond acceptors (Lipinski definition) is 1. The van der Waals surface area contributed by atoms with Gasteiger partial charge in [0.1, 0.15) is 0 Å². The molecule has 1 heteroatoms. The zero-order valence-corrected chi connectivity index (χ0v) is 5.69. The van der Waals surface area contributed by atoms with E-state index < -0.39 is 0 Å². The summed E-state index contributed by atoms with van der Waals surface area (Å²) in [6, 6.07) is 0. The molecular formula is C8H12N. The minimum Gasteiger partial charge on any atom is -0.344 e. The highest BCUT2D eigenvalue weighted by Crippen LogP contribution is 2.05. The maximum absolute atomic E-state index is 3.65. The van der Waals surface area contributed by atoms with E-state index in [-0.39, 0.29) is 0 Å². The molecule has 0 fully saturated rings. The molecular weight excluding hydrogens is 110 g/mol. The van der Waals surface area contributed by atoms with Crippen LogP contribution in [0.2, 0.25) is 0 Å². The van der Waals surface area contributed by atoms with Crippen molar-refractivity contribution in [3.05, 3.63) is 45.3 Å². The molecule has 0 amide bonds. The van der Waals surface area contributed by atoms with E-state index in [1.165, 1.54) is 0 Å². The number of allylic oxidation sites excluding steroid dienone is 2. The van der Waals surface area contributed by atoms with E-state index in [1.807, 2.05) is 0 Å². The van der Waals surface area contributed by atoms with Crippen LogP contribution in [0.3, 0.4) is 0 Å². The third kappa shape index (κ3) is 2.27. The van der Waals surface area contributed by atoms with Crippen molar-refractivity contribution in [2.75, 3.05) is 6.54 Å². The molecule has 0 aliphatic rings. The van der Waals surface area contributed by atoms with Gasteiger partial charge in [0, 0.05) is 5.70 Å². The first kappa shape index (κ1) is 8.15. The predicted octanol–water partition coefficient (Wildman–Crippen LogP) is 1.82. The number of rotatable bonds is 3. The molecule has 1 nitrogen and oxygen atoms in total. The predicted molar refractivity (Wildman–Crippen MR) is 41.1 cm³/mol. The third-order valence-electron chi connectivity index (χ3n) is 0.987. The Balaban J connectivity index is 3.99.